The Labute approximate surface area is 335 Å². The van der Waals surface area contributed by atoms with Crippen molar-refractivity contribution >= 4 is 45.8 Å². The Kier molecular flexibility index (Phi) is 10.6. The number of likely N-dealkylation sites (tertiary alicyclic amines) is 2. The van der Waals surface area contributed by atoms with Crippen LogP contribution in [0.15, 0.2) is 91.1 Å². The summed E-state index contributed by atoms with van der Waals surface area (Å²) in [5, 5.41) is 7.54. The van der Waals surface area contributed by atoms with Crippen molar-refractivity contribution in [2.24, 2.45) is 5.92 Å². The van der Waals surface area contributed by atoms with Gasteiger partial charge in [0.05, 0.1) is 49.2 Å². The second-order valence-electron chi connectivity index (χ2n) is 15.2. The van der Waals surface area contributed by atoms with Gasteiger partial charge in [0.2, 0.25) is 5.91 Å². The number of ether oxygens (including phenoxy) is 2. The van der Waals surface area contributed by atoms with Crippen LogP contribution in [0.3, 0.4) is 0 Å². The molecule has 0 aliphatic carbocycles. The molecule has 14 heteroatoms. The first kappa shape index (κ1) is 38.2. The van der Waals surface area contributed by atoms with Crippen molar-refractivity contribution in [2.45, 2.75) is 57.3 Å². The van der Waals surface area contributed by atoms with Crippen molar-refractivity contribution in [2.75, 3.05) is 27.3 Å². The predicted molar refractivity (Wildman–Crippen MR) is 218 cm³/mol. The molecule has 1 unspecified atom stereocenters. The van der Waals surface area contributed by atoms with Gasteiger partial charge in [0.25, 0.3) is 5.91 Å². The van der Waals surface area contributed by atoms with Crippen LogP contribution in [0.1, 0.15) is 68.4 Å². The van der Waals surface area contributed by atoms with Crippen LogP contribution >= 0.6 is 0 Å². The molecule has 4 N–H and O–H groups in total. The van der Waals surface area contributed by atoms with Gasteiger partial charge < -0.3 is 39.9 Å². The number of carbonyl (C=O) groups is 4. The Morgan fingerprint density at radius 2 is 1.38 bits per heavy atom. The van der Waals surface area contributed by atoms with Gasteiger partial charge in [-0.05, 0) is 76.9 Å². The first-order valence-corrected chi connectivity index (χ1v) is 19.6. The van der Waals surface area contributed by atoms with Crippen LogP contribution in [-0.4, -0.2) is 87.1 Å². The number of hydrogen-bond donors (Lipinski definition) is 4. The Morgan fingerprint density at radius 3 is 2.09 bits per heavy atom. The van der Waals surface area contributed by atoms with Gasteiger partial charge in [-0.1, -0.05) is 74.5 Å². The highest BCUT2D eigenvalue weighted by atomic mass is 16.5. The summed E-state index contributed by atoms with van der Waals surface area (Å²) in [6, 6.07) is 25.9. The Balaban J connectivity index is 0.976. The molecule has 2 aliphatic rings. The van der Waals surface area contributed by atoms with Gasteiger partial charge in [0, 0.05) is 18.7 Å². The van der Waals surface area contributed by atoms with Crippen molar-refractivity contribution in [1.29, 1.82) is 0 Å². The molecule has 4 amide bonds. The summed E-state index contributed by atoms with van der Waals surface area (Å²) in [5.74, 6) is 0.945. The lowest BCUT2D eigenvalue weighted by molar-refractivity contribution is -0.142. The fourth-order valence-corrected chi connectivity index (χ4v) is 8.02. The SMILES string of the molecule is COC(=O)NC(C(=O)N1CCC[C@H]1c1ncc(-c2ccc3cc(-c4ccc5nc([C@@H]6CCN6C(=O)[C@H](NC(=O)OC)c6ccccc6)[nH]c5c4)ccc3c2)[nH]1)C(C)C. The lowest BCUT2D eigenvalue weighted by atomic mass is 9.98. The Morgan fingerprint density at radius 1 is 0.724 bits per heavy atom. The average Bonchev–Trinajstić information content (AvgIpc) is 4.01. The van der Waals surface area contributed by atoms with E-state index in [2.05, 4.69) is 69.1 Å². The van der Waals surface area contributed by atoms with Gasteiger partial charge in [-0.25, -0.2) is 19.6 Å². The van der Waals surface area contributed by atoms with Crippen LogP contribution < -0.4 is 10.6 Å². The number of amides is 4. The van der Waals surface area contributed by atoms with Gasteiger partial charge in [-0.3, -0.25) is 9.59 Å². The number of hydrogen-bond acceptors (Lipinski definition) is 8. The Bertz CT molecular complexity index is 2500. The molecule has 2 aliphatic heterocycles. The van der Waals surface area contributed by atoms with Crippen molar-refractivity contribution in [3.63, 3.8) is 0 Å². The van der Waals surface area contributed by atoms with Crippen LogP contribution in [0.2, 0.25) is 0 Å². The number of nitrogens with one attached hydrogen (secondary N) is 4. The average molecular weight is 783 g/mol. The molecule has 2 saturated heterocycles. The number of aromatic nitrogens is 4. The second-order valence-corrected chi connectivity index (χ2v) is 15.2. The van der Waals surface area contributed by atoms with Crippen LogP contribution in [0.5, 0.6) is 0 Å². The van der Waals surface area contributed by atoms with Gasteiger partial charge in [-0.15, -0.1) is 0 Å². The molecule has 0 saturated carbocycles. The highest BCUT2D eigenvalue weighted by Gasteiger charge is 2.40. The summed E-state index contributed by atoms with van der Waals surface area (Å²) in [6.07, 6.45) is 2.88. The third-order valence-electron chi connectivity index (χ3n) is 11.3. The number of nitrogens with zero attached hydrogens (tertiary/aromatic N) is 4. The monoisotopic (exact) mass is 782 g/mol. The summed E-state index contributed by atoms with van der Waals surface area (Å²) in [5.41, 5.74) is 6.26. The fraction of sp³-hybridized carbons (Fsp3) is 0.318. The van der Waals surface area contributed by atoms with E-state index in [4.69, 9.17) is 19.4 Å². The normalized spacial score (nSPS) is 17.5. The van der Waals surface area contributed by atoms with Crippen molar-refractivity contribution in [3.8, 4) is 22.4 Å². The summed E-state index contributed by atoms with van der Waals surface area (Å²) in [6.45, 7) is 4.94. The molecule has 14 nitrogen and oxygen atoms in total. The lowest BCUT2D eigenvalue weighted by Gasteiger charge is -2.41. The molecule has 0 spiro atoms. The molecule has 0 radical (unpaired) electrons. The van der Waals surface area contributed by atoms with Gasteiger partial charge in [0.15, 0.2) is 0 Å². The molecule has 2 fully saturated rings. The molecular weight excluding hydrogens is 737 g/mol. The topological polar surface area (TPSA) is 175 Å². The van der Waals surface area contributed by atoms with Gasteiger partial charge >= 0.3 is 12.2 Å². The number of aromatic amines is 2. The standard InChI is InChI=1S/C44H46N8O6/c1-25(2)37(49-43(55)57-3)41(53)51-19-8-11-35(51)39-45-24-34(48-39)31-15-14-27-21-28(12-13-29(27)22-31)30-16-17-32-33(23-30)47-40(46-32)36-18-20-52(36)42(54)38(50-44(56)58-4)26-9-6-5-7-10-26/h5-7,9-10,12-17,21-25,35-38H,8,11,18-20H2,1-4H3,(H,45,48)(H,46,47)(H,49,55)(H,50,56)/t35-,36-,37?,38+/m0/s1. The lowest BCUT2D eigenvalue weighted by Crippen LogP contribution is -2.51. The summed E-state index contributed by atoms with van der Waals surface area (Å²) in [4.78, 5) is 71.6. The number of methoxy groups -OCH3 is 2. The number of H-pyrrole nitrogens is 2. The maximum atomic E-state index is 13.8. The number of alkyl carbamates (subject to hydrolysis) is 2. The van der Waals surface area contributed by atoms with E-state index < -0.39 is 24.3 Å². The molecule has 58 heavy (non-hydrogen) atoms. The van der Waals surface area contributed by atoms with E-state index in [9.17, 15) is 19.2 Å². The van der Waals surface area contributed by atoms with Crippen molar-refractivity contribution in [3.05, 3.63) is 108 Å². The zero-order valence-electron chi connectivity index (χ0n) is 32.8. The highest BCUT2D eigenvalue weighted by Crippen LogP contribution is 2.37. The minimum atomic E-state index is -0.879. The van der Waals surface area contributed by atoms with Crippen LogP contribution in [0.25, 0.3) is 44.2 Å². The first-order valence-electron chi connectivity index (χ1n) is 19.6. The smallest absolute Gasteiger partial charge is 0.407 e. The zero-order chi connectivity index (χ0) is 40.5. The number of benzene rings is 4. The maximum Gasteiger partial charge on any atom is 0.407 e. The molecule has 6 aromatic rings. The van der Waals surface area contributed by atoms with E-state index in [0.717, 1.165) is 69.3 Å². The molecule has 8 rings (SSSR count). The summed E-state index contributed by atoms with van der Waals surface area (Å²) >= 11 is 0. The quantitative estimate of drug-likeness (QED) is 0.113. The minimum absolute atomic E-state index is 0.111. The highest BCUT2D eigenvalue weighted by molar-refractivity contribution is 5.92. The molecule has 0 bridgehead atoms. The second kappa shape index (κ2) is 16.0. The maximum absolute atomic E-state index is 13.8. The first-order chi connectivity index (χ1) is 28.1. The Hall–Kier alpha value is -6.70. The third kappa shape index (κ3) is 7.44. The van der Waals surface area contributed by atoms with E-state index in [-0.39, 0.29) is 29.8 Å². The van der Waals surface area contributed by atoms with Crippen LogP contribution in [0.4, 0.5) is 9.59 Å². The minimum Gasteiger partial charge on any atom is -0.453 e. The van der Waals surface area contributed by atoms with Crippen LogP contribution in [0, 0.1) is 5.92 Å². The zero-order valence-corrected chi connectivity index (χ0v) is 32.8. The molecule has 2 aromatic heterocycles. The van der Waals surface area contributed by atoms with Gasteiger partial charge in [-0.2, -0.15) is 0 Å². The van der Waals surface area contributed by atoms with Crippen molar-refractivity contribution in [1.82, 2.24) is 40.4 Å². The molecule has 298 valence electrons. The fourth-order valence-electron chi connectivity index (χ4n) is 8.02. The molecule has 4 heterocycles. The van der Waals surface area contributed by atoms with E-state index in [0.29, 0.717) is 24.5 Å². The third-order valence-corrected chi connectivity index (χ3v) is 11.3. The van der Waals surface area contributed by atoms with Crippen LogP contribution in [-0.2, 0) is 19.1 Å². The van der Waals surface area contributed by atoms with Gasteiger partial charge in [0.1, 0.15) is 23.7 Å². The predicted octanol–water partition coefficient (Wildman–Crippen LogP) is 7.19. The van der Waals surface area contributed by atoms with E-state index >= 15 is 0 Å². The largest absolute Gasteiger partial charge is 0.453 e. The molecule has 4 atom stereocenters. The summed E-state index contributed by atoms with van der Waals surface area (Å²) in [7, 11) is 2.57. The summed E-state index contributed by atoms with van der Waals surface area (Å²) < 4.78 is 9.58. The molecule has 4 aromatic carbocycles. The number of rotatable bonds is 10. The number of fused-ring (bicyclic) bond motifs is 2. The van der Waals surface area contributed by atoms with Crippen molar-refractivity contribution < 1.29 is 28.7 Å². The van der Waals surface area contributed by atoms with E-state index in [1.807, 2.05) is 61.3 Å². The number of imidazole rings is 2. The van der Waals surface area contributed by atoms with E-state index in [1.165, 1.54) is 14.2 Å². The number of carbonyl (C=O) groups excluding carboxylic acids is 4. The molecular formula is C44H46N8O6. The van der Waals surface area contributed by atoms with E-state index in [1.54, 1.807) is 4.90 Å².